The second kappa shape index (κ2) is 10.2. The molecule has 1 heterocycles. The Balaban J connectivity index is 1.50. The Labute approximate surface area is 196 Å². The highest BCUT2D eigenvalue weighted by Gasteiger charge is 2.22. The highest BCUT2D eigenvalue weighted by Crippen LogP contribution is 2.38. The molecule has 5 nitrogen and oxygen atoms in total. The van der Waals surface area contributed by atoms with Crippen LogP contribution in [-0.2, 0) is 17.6 Å². The molecule has 1 aliphatic rings. The molecular formula is C28H32N2O3. The molecule has 4 rings (SSSR count). The van der Waals surface area contributed by atoms with Crippen LogP contribution in [0.3, 0.4) is 0 Å². The second-order valence-corrected chi connectivity index (χ2v) is 8.86. The molecule has 0 radical (unpaired) electrons. The molecule has 0 fully saturated rings. The summed E-state index contributed by atoms with van der Waals surface area (Å²) in [5.41, 5.74) is 7.58. The van der Waals surface area contributed by atoms with E-state index in [1.807, 2.05) is 12.1 Å². The molecule has 1 N–H and O–H groups in total. The third kappa shape index (κ3) is 5.09. The number of pyridine rings is 1. The van der Waals surface area contributed by atoms with E-state index in [4.69, 9.17) is 4.74 Å². The van der Waals surface area contributed by atoms with E-state index in [2.05, 4.69) is 47.3 Å². The molecule has 33 heavy (non-hydrogen) atoms. The molecule has 2 aromatic carbocycles. The fourth-order valence-electron chi connectivity index (χ4n) is 4.80. The van der Waals surface area contributed by atoms with Crippen molar-refractivity contribution < 1.29 is 14.6 Å². The SMILES string of the molecule is COC(=O)c1ccncc1CCC1CCCc2cc(N(C)c3ccc([C@H](C)O)cc3)ccc21. The van der Waals surface area contributed by atoms with Crippen LogP contribution in [-0.4, -0.2) is 30.2 Å². The molecule has 0 bridgehead atoms. The maximum Gasteiger partial charge on any atom is 0.338 e. The van der Waals surface area contributed by atoms with Gasteiger partial charge in [0.05, 0.1) is 18.8 Å². The number of aliphatic hydroxyl groups excluding tert-OH is 1. The van der Waals surface area contributed by atoms with Gasteiger partial charge in [0.2, 0.25) is 0 Å². The summed E-state index contributed by atoms with van der Waals surface area (Å²) in [6.45, 7) is 1.78. The number of anilines is 2. The van der Waals surface area contributed by atoms with Crippen molar-refractivity contribution in [3.63, 3.8) is 0 Å². The largest absolute Gasteiger partial charge is 0.465 e. The number of aromatic nitrogens is 1. The molecule has 0 amide bonds. The first kappa shape index (κ1) is 23.0. The van der Waals surface area contributed by atoms with Crippen molar-refractivity contribution in [2.75, 3.05) is 19.1 Å². The molecule has 1 aromatic heterocycles. The molecular weight excluding hydrogens is 412 g/mol. The third-order valence-electron chi connectivity index (χ3n) is 6.79. The van der Waals surface area contributed by atoms with Crippen LogP contribution in [0.1, 0.15) is 70.8 Å². The standard InChI is InChI=1S/C28H32N2O3/c1-19(31)20-9-11-24(12-10-20)30(2)25-13-14-26-21(5-4-6-22(26)17-25)7-8-23-18-29-16-15-27(23)28(32)33-3/h9-19,21,31H,4-8H2,1-3H3/t19-,21?/m0/s1. The van der Waals surface area contributed by atoms with Gasteiger partial charge < -0.3 is 14.7 Å². The first-order valence-electron chi connectivity index (χ1n) is 11.6. The van der Waals surface area contributed by atoms with E-state index in [0.29, 0.717) is 11.5 Å². The lowest BCUT2D eigenvalue weighted by Crippen LogP contribution is -2.15. The zero-order valence-corrected chi connectivity index (χ0v) is 19.6. The smallest absolute Gasteiger partial charge is 0.338 e. The Morgan fingerprint density at radius 3 is 2.67 bits per heavy atom. The van der Waals surface area contributed by atoms with Gasteiger partial charge in [-0.1, -0.05) is 18.2 Å². The molecule has 1 unspecified atom stereocenters. The average molecular weight is 445 g/mol. The third-order valence-corrected chi connectivity index (χ3v) is 6.79. The van der Waals surface area contributed by atoms with Crippen LogP contribution < -0.4 is 4.90 Å². The summed E-state index contributed by atoms with van der Waals surface area (Å²) in [5.74, 6) is 0.176. The summed E-state index contributed by atoms with van der Waals surface area (Å²) in [6, 6.07) is 16.6. The normalized spacial score (nSPS) is 16.1. The maximum atomic E-state index is 12.1. The lowest BCUT2D eigenvalue weighted by molar-refractivity contribution is 0.0599. The number of hydrogen-bond donors (Lipinski definition) is 1. The summed E-state index contributed by atoms with van der Waals surface area (Å²) in [6.07, 6.45) is 8.19. The van der Waals surface area contributed by atoms with Crippen molar-refractivity contribution in [3.8, 4) is 0 Å². The highest BCUT2D eigenvalue weighted by atomic mass is 16.5. The number of methoxy groups -OCH3 is 1. The monoisotopic (exact) mass is 444 g/mol. The van der Waals surface area contributed by atoms with Gasteiger partial charge in [-0.2, -0.15) is 0 Å². The Morgan fingerprint density at radius 2 is 1.94 bits per heavy atom. The van der Waals surface area contributed by atoms with E-state index in [-0.39, 0.29) is 5.97 Å². The predicted molar refractivity (Wildman–Crippen MR) is 131 cm³/mol. The van der Waals surface area contributed by atoms with Crippen molar-refractivity contribution in [1.29, 1.82) is 0 Å². The fourth-order valence-corrected chi connectivity index (χ4v) is 4.80. The zero-order valence-electron chi connectivity index (χ0n) is 19.6. The molecule has 5 heteroatoms. The van der Waals surface area contributed by atoms with Crippen molar-refractivity contribution in [3.05, 3.63) is 88.7 Å². The number of carbonyl (C=O) groups is 1. The molecule has 0 saturated carbocycles. The van der Waals surface area contributed by atoms with Gasteiger partial charge in [0.15, 0.2) is 0 Å². The highest BCUT2D eigenvalue weighted by molar-refractivity contribution is 5.90. The summed E-state index contributed by atoms with van der Waals surface area (Å²) < 4.78 is 4.93. The van der Waals surface area contributed by atoms with E-state index < -0.39 is 6.10 Å². The Hall–Kier alpha value is -3.18. The molecule has 0 aliphatic heterocycles. The minimum Gasteiger partial charge on any atom is -0.465 e. The summed E-state index contributed by atoms with van der Waals surface area (Å²) >= 11 is 0. The molecule has 1 aliphatic carbocycles. The van der Waals surface area contributed by atoms with E-state index in [9.17, 15) is 9.90 Å². The first-order chi connectivity index (χ1) is 16.0. The lowest BCUT2D eigenvalue weighted by atomic mass is 9.79. The summed E-state index contributed by atoms with van der Waals surface area (Å²) in [7, 11) is 3.50. The minimum absolute atomic E-state index is 0.300. The molecule has 172 valence electrons. The van der Waals surface area contributed by atoms with Crippen LogP contribution in [0.5, 0.6) is 0 Å². The summed E-state index contributed by atoms with van der Waals surface area (Å²) in [5, 5.41) is 9.76. The van der Waals surface area contributed by atoms with Crippen LogP contribution in [0.15, 0.2) is 60.9 Å². The van der Waals surface area contributed by atoms with Crippen LogP contribution in [0, 0.1) is 0 Å². The Bertz CT molecular complexity index is 1110. The number of hydrogen-bond acceptors (Lipinski definition) is 5. The van der Waals surface area contributed by atoms with Gasteiger partial charge in [0, 0.05) is 30.8 Å². The van der Waals surface area contributed by atoms with Gasteiger partial charge in [0.1, 0.15) is 0 Å². The van der Waals surface area contributed by atoms with Crippen molar-refractivity contribution in [1.82, 2.24) is 4.98 Å². The maximum absolute atomic E-state index is 12.1. The number of benzene rings is 2. The number of esters is 1. The van der Waals surface area contributed by atoms with E-state index >= 15 is 0 Å². The number of aliphatic hydroxyl groups is 1. The van der Waals surface area contributed by atoms with Gasteiger partial charge in [-0.05, 0) is 97.5 Å². The van der Waals surface area contributed by atoms with Crippen LogP contribution in [0.25, 0.3) is 0 Å². The van der Waals surface area contributed by atoms with Gasteiger partial charge >= 0.3 is 5.97 Å². The van der Waals surface area contributed by atoms with E-state index in [0.717, 1.165) is 42.5 Å². The fraction of sp³-hybridized carbons (Fsp3) is 0.357. The Morgan fingerprint density at radius 1 is 1.18 bits per heavy atom. The van der Waals surface area contributed by atoms with Crippen LogP contribution in [0.4, 0.5) is 11.4 Å². The molecule has 0 spiro atoms. The first-order valence-corrected chi connectivity index (χ1v) is 11.6. The van der Waals surface area contributed by atoms with Gasteiger partial charge in [0.25, 0.3) is 0 Å². The molecule has 0 saturated heterocycles. The molecule has 3 aromatic rings. The summed E-state index contributed by atoms with van der Waals surface area (Å²) in [4.78, 5) is 18.5. The van der Waals surface area contributed by atoms with Gasteiger partial charge in [-0.25, -0.2) is 4.79 Å². The quantitative estimate of drug-likeness (QED) is 0.471. The number of aryl methyl sites for hydroxylation is 2. The van der Waals surface area contributed by atoms with Gasteiger partial charge in [-0.3, -0.25) is 4.98 Å². The molecule has 2 atom stereocenters. The van der Waals surface area contributed by atoms with Crippen molar-refractivity contribution in [2.24, 2.45) is 0 Å². The second-order valence-electron chi connectivity index (χ2n) is 8.86. The number of rotatable bonds is 7. The van der Waals surface area contributed by atoms with Crippen LogP contribution in [0.2, 0.25) is 0 Å². The van der Waals surface area contributed by atoms with E-state index in [1.54, 1.807) is 25.4 Å². The van der Waals surface area contributed by atoms with Crippen LogP contribution >= 0.6 is 0 Å². The van der Waals surface area contributed by atoms with Crippen molar-refractivity contribution >= 4 is 17.3 Å². The zero-order chi connectivity index (χ0) is 23.4. The number of carbonyl (C=O) groups excluding carboxylic acids is 1. The minimum atomic E-state index is -0.458. The number of ether oxygens (including phenoxy) is 1. The predicted octanol–water partition coefficient (Wildman–Crippen LogP) is 5.74. The lowest BCUT2D eigenvalue weighted by Gasteiger charge is -2.28. The van der Waals surface area contributed by atoms with Gasteiger partial charge in [-0.15, -0.1) is 0 Å². The van der Waals surface area contributed by atoms with Crippen molar-refractivity contribution in [2.45, 2.75) is 51.0 Å². The topological polar surface area (TPSA) is 62.7 Å². The average Bonchev–Trinajstić information content (AvgIpc) is 2.86. The number of nitrogens with zero attached hydrogens (tertiary/aromatic N) is 2. The number of fused-ring (bicyclic) bond motifs is 1. The van der Waals surface area contributed by atoms with E-state index in [1.165, 1.54) is 30.3 Å². The Kier molecular flexibility index (Phi) is 7.09.